The van der Waals surface area contributed by atoms with Gasteiger partial charge >= 0.3 is 0 Å². The second kappa shape index (κ2) is 10.00. The fraction of sp³-hybridized carbons (Fsp3) is 0.500. The van der Waals surface area contributed by atoms with Crippen molar-refractivity contribution in [3.63, 3.8) is 0 Å². The fourth-order valence-electron chi connectivity index (χ4n) is 1.56. The van der Waals surface area contributed by atoms with Crippen molar-refractivity contribution in [1.29, 1.82) is 0 Å². The van der Waals surface area contributed by atoms with Gasteiger partial charge in [-0.2, -0.15) is 0 Å². The highest BCUT2D eigenvalue weighted by molar-refractivity contribution is 14.0. The third kappa shape index (κ3) is 6.75. The molecule has 0 radical (unpaired) electrons. The summed E-state index contributed by atoms with van der Waals surface area (Å²) in [5.41, 5.74) is 1.68. The monoisotopic (exact) mass is 379 g/mol. The quantitative estimate of drug-likeness (QED) is 0.468. The second-order valence-corrected chi connectivity index (χ2v) is 4.21. The number of benzene rings is 1. The zero-order valence-electron chi connectivity index (χ0n) is 11.8. The van der Waals surface area contributed by atoms with Gasteiger partial charge in [0.1, 0.15) is 5.82 Å². The molecule has 1 aromatic rings. The Bertz CT molecular complexity index is 408. The molecule has 0 saturated heterocycles. The molecule has 0 spiro atoms. The summed E-state index contributed by atoms with van der Waals surface area (Å²) in [7, 11) is 0. The maximum atomic E-state index is 13.1. The Morgan fingerprint density at radius 1 is 1.26 bits per heavy atom. The highest BCUT2D eigenvalue weighted by Crippen LogP contribution is 2.09. The first-order valence-corrected chi connectivity index (χ1v) is 6.44. The zero-order valence-corrected chi connectivity index (χ0v) is 14.1. The van der Waals surface area contributed by atoms with Crippen molar-refractivity contribution in [3.8, 4) is 0 Å². The molecule has 2 N–H and O–H groups in total. The molecule has 5 heteroatoms. The molecule has 108 valence electrons. The maximum Gasteiger partial charge on any atom is 0.191 e. The maximum absolute atomic E-state index is 13.1. The summed E-state index contributed by atoms with van der Waals surface area (Å²) in [6.45, 7) is 8.20. The van der Waals surface area contributed by atoms with E-state index < -0.39 is 0 Å². The number of nitrogens with zero attached hydrogens (tertiary/aromatic N) is 1. The first-order chi connectivity index (χ1) is 8.67. The number of halogens is 2. The van der Waals surface area contributed by atoms with Crippen molar-refractivity contribution >= 4 is 29.9 Å². The van der Waals surface area contributed by atoms with Gasteiger partial charge in [-0.3, -0.25) is 0 Å². The SMILES string of the molecule is CCCNC(=NCc1ccc(F)c(C)c1)NCC.I. The number of nitrogens with one attached hydrogen (secondary N) is 2. The van der Waals surface area contributed by atoms with Gasteiger partial charge in [0.15, 0.2) is 5.96 Å². The zero-order chi connectivity index (χ0) is 13.4. The number of hydrogen-bond donors (Lipinski definition) is 2. The molecule has 0 unspecified atom stereocenters. The van der Waals surface area contributed by atoms with Crippen molar-refractivity contribution in [2.75, 3.05) is 13.1 Å². The van der Waals surface area contributed by atoms with Crippen molar-refractivity contribution in [1.82, 2.24) is 10.6 Å². The van der Waals surface area contributed by atoms with Gasteiger partial charge in [0.05, 0.1) is 6.54 Å². The van der Waals surface area contributed by atoms with Crippen LogP contribution in [0.2, 0.25) is 0 Å². The minimum Gasteiger partial charge on any atom is -0.357 e. The Kier molecular flexibility index (Phi) is 9.55. The fourth-order valence-corrected chi connectivity index (χ4v) is 1.56. The van der Waals surface area contributed by atoms with Crippen molar-refractivity contribution < 1.29 is 4.39 Å². The van der Waals surface area contributed by atoms with E-state index in [2.05, 4.69) is 22.5 Å². The third-order valence-corrected chi connectivity index (χ3v) is 2.53. The predicted octanol–water partition coefficient (Wildman–Crippen LogP) is 3.22. The van der Waals surface area contributed by atoms with Crippen LogP contribution in [0.3, 0.4) is 0 Å². The number of guanidine groups is 1. The number of aryl methyl sites for hydroxylation is 1. The van der Waals surface area contributed by atoms with E-state index in [-0.39, 0.29) is 29.8 Å². The Morgan fingerprint density at radius 3 is 2.58 bits per heavy atom. The molecule has 19 heavy (non-hydrogen) atoms. The molecule has 0 fully saturated rings. The van der Waals surface area contributed by atoms with Crippen LogP contribution in [0.25, 0.3) is 0 Å². The molecule has 0 amide bonds. The molecule has 0 aliphatic carbocycles. The lowest BCUT2D eigenvalue weighted by atomic mass is 10.1. The first-order valence-electron chi connectivity index (χ1n) is 6.44. The van der Waals surface area contributed by atoms with Gasteiger partial charge in [-0.05, 0) is 37.5 Å². The smallest absolute Gasteiger partial charge is 0.191 e. The average molecular weight is 379 g/mol. The van der Waals surface area contributed by atoms with Gasteiger partial charge in [0, 0.05) is 13.1 Å². The van der Waals surface area contributed by atoms with Crippen LogP contribution in [-0.4, -0.2) is 19.0 Å². The summed E-state index contributed by atoms with van der Waals surface area (Å²) in [6, 6.07) is 5.10. The first kappa shape index (κ1) is 18.1. The van der Waals surface area contributed by atoms with Crippen LogP contribution in [0.1, 0.15) is 31.4 Å². The number of rotatable bonds is 5. The molecule has 3 nitrogen and oxygen atoms in total. The molecule has 0 atom stereocenters. The molecular weight excluding hydrogens is 356 g/mol. The summed E-state index contributed by atoms with van der Waals surface area (Å²) in [5, 5.41) is 6.41. The van der Waals surface area contributed by atoms with Crippen molar-refractivity contribution in [3.05, 3.63) is 35.1 Å². The number of aliphatic imine (C=N–C) groups is 1. The summed E-state index contributed by atoms with van der Waals surface area (Å²) >= 11 is 0. The summed E-state index contributed by atoms with van der Waals surface area (Å²) in [6.07, 6.45) is 1.06. The molecule has 0 aliphatic heterocycles. The van der Waals surface area contributed by atoms with Crippen LogP contribution in [0.5, 0.6) is 0 Å². The van der Waals surface area contributed by atoms with E-state index in [4.69, 9.17) is 0 Å². The Morgan fingerprint density at radius 2 is 2.00 bits per heavy atom. The van der Waals surface area contributed by atoms with E-state index in [1.165, 1.54) is 6.07 Å². The predicted molar refractivity (Wildman–Crippen MR) is 89.7 cm³/mol. The Hall–Kier alpha value is -0.850. The highest BCUT2D eigenvalue weighted by atomic mass is 127. The van der Waals surface area contributed by atoms with Crippen LogP contribution in [0, 0.1) is 12.7 Å². The van der Waals surface area contributed by atoms with Crippen LogP contribution < -0.4 is 10.6 Å². The lowest BCUT2D eigenvalue weighted by molar-refractivity contribution is 0.617. The average Bonchev–Trinajstić information content (AvgIpc) is 2.37. The van der Waals surface area contributed by atoms with Crippen LogP contribution in [-0.2, 0) is 6.54 Å². The van der Waals surface area contributed by atoms with Gasteiger partial charge in [-0.1, -0.05) is 19.1 Å². The summed E-state index contributed by atoms with van der Waals surface area (Å²) in [5.74, 6) is 0.639. The van der Waals surface area contributed by atoms with Crippen LogP contribution >= 0.6 is 24.0 Å². The van der Waals surface area contributed by atoms with E-state index in [1.54, 1.807) is 13.0 Å². The third-order valence-electron chi connectivity index (χ3n) is 2.53. The van der Waals surface area contributed by atoms with E-state index in [0.29, 0.717) is 12.1 Å². The largest absolute Gasteiger partial charge is 0.357 e. The standard InChI is InChI=1S/C14H22FN3.HI/c1-4-8-17-14(16-5-2)18-10-12-6-7-13(15)11(3)9-12;/h6-7,9H,4-5,8,10H2,1-3H3,(H2,16,17,18);1H. The molecule has 0 aromatic heterocycles. The minimum atomic E-state index is -0.168. The van der Waals surface area contributed by atoms with E-state index >= 15 is 0 Å². The molecule has 0 bridgehead atoms. The Labute approximate surface area is 132 Å². The molecule has 0 heterocycles. The van der Waals surface area contributed by atoms with Gasteiger partial charge in [0.2, 0.25) is 0 Å². The lowest BCUT2D eigenvalue weighted by Gasteiger charge is -2.10. The van der Waals surface area contributed by atoms with Crippen molar-refractivity contribution in [2.24, 2.45) is 4.99 Å². The lowest BCUT2D eigenvalue weighted by Crippen LogP contribution is -2.37. The second-order valence-electron chi connectivity index (χ2n) is 4.21. The number of hydrogen-bond acceptors (Lipinski definition) is 1. The molecule has 0 saturated carbocycles. The highest BCUT2D eigenvalue weighted by Gasteiger charge is 2.00. The van der Waals surface area contributed by atoms with Crippen LogP contribution in [0.4, 0.5) is 4.39 Å². The topological polar surface area (TPSA) is 36.4 Å². The normalized spacial score (nSPS) is 10.8. The summed E-state index contributed by atoms with van der Waals surface area (Å²) in [4.78, 5) is 4.46. The van der Waals surface area contributed by atoms with E-state index in [9.17, 15) is 4.39 Å². The van der Waals surface area contributed by atoms with Crippen molar-refractivity contribution in [2.45, 2.75) is 33.7 Å². The Balaban J connectivity index is 0.00000324. The summed E-state index contributed by atoms with van der Waals surface area (Å²) < 4.78 is 13.1. The minimum absolute atomic E-state index is 0. The van der Waals surface area contributed by atoms with Crippen LogP contribution in [0.15, 0.2) is 23.2 Å². The molecule has 1 rings (SSSR count). The van der Waals surface area contributed by atoms with Gasteiger partial charge in [-0.25, -0.2) is 9.38 Å². The van der Waals surface area contributed by atoms with Gasteiger partial charge in [-0.15, -0.1) is 24.0 Å². The van der Waals surface area contributed by atoms with E-state index in [1.807, 2.05) is 13.0 Å². The molecular formula is C14H23FIN3. The molecule has 0 aliphatic rings. The van der Waals surface area contributed by atoms with Gasteiger partial charge < -0.3 is 10.6 Å². The van der Waals surface area contributed by atoms with Gasteiger partial charge in [0.25, 0.3) is 0 Å². The molecule has 1 aromatic carbocycles. The van der Waals surface area contributed by atoms with E-state index in [0.717, 1.165) is 31.0 Å².